The molecule has 1 fully saturated rings. The number of nitrogens with zero attached hydrogens (tertiary/aromatic N) is 2. The predicted molar refractivity (Wildman–Crippen MR) is 104 cm³/mol. The second kappa shape index (κ2) is 10.1. The number of methoxy groups -OCH3 is 1. The number of nitrogens with one attached hydrogen (secondary N) is 2. The van der Waals surface area contributed by atoms with Crippen LogP contribution in [0.5, 0.6) is 11.5 Å². The number of ether oxygens (including phenoxy) is 2. The van der Waals surface area contributed by atoms with Gasteiger partial charge in [-0.2, -0.15) is 0 Å². The lowest BCUT2D eigenvalue weighted by Gasteiger charge is -2.32. The number of hydrogen-bond donors (Lipinski definition) is 2. The van der Waals surface area contributed by atoms with Crippen LogP contribution in [0.25, 0.3) is 0 Å². The molecule has 0 spiro atoms. The van der Waals surface area contributed by atoms with Crippen LogP contribution in [0.3, 0.4) is 0 Å². The van der Waals surface area contributed by atoms with Crippen LogP contribution in [0.15, 0.2) is 23.2 Å². The van der Waals surface area contributed by atoms with Gasteiger partial charge in [-0.3, -0.25) is 4.99 Å². The second-order valence-electron chi connectivity index (χ2n) is 6.28. The molecule has 0 saturated carbocycles. The largest absolute Gasteiger partial charge is 0.493 e. The minimum Gasteiger partial charge on any atom is -0.493 e. The normalized spacial score (nSPS) is 18.7. The number of anilines is 1. The fourth-order valence-corrected chi connectivity index (χ4v) is 3.18. The van der Waals surface area contributed by atoms with Gasteiger partial charge in [0, 0.05) is 31.9 Å². The molecule has 1 heterocycles. The van der Waals surface area contributed by atoms with Crippen molar-refractivity contribution in [1.29, 1.82) is 0 Å². The number of piperidine rings is 1. The predicted octanol–water partition coefficient (Wildman–Crippen LogP) is 2.81. The van der Waals surface area contributed by atoms with Crippen LogP contribution in [0, 0.1) is 5.92 Å². The SMILES string of the molecule is CCOc1ccc(NC(=NC)NCC2CCCN(CC)C2)cc1OC. The van der Waals surface area contributed by atoms with E-state index < -0.39 is 0 Å². The first-order valence-corrected chi connectivity index (χ1v) is 9.21. The smallest absolute Gasteiger partial charge is 0.195 e. The van der Waals surface area contributed by atoms with Crippen molar-refractivity contribution in [2.24, 2.45) is 10.9 Å². The summed E-state index contributed by atoms with van der Waals surface area (Å²) in [6, 6.07) is 5.81. The lowest BCUT2D eigenvalue weighted by molar-refractivity contribution is 0.183. The topological polar surface area (TPSA) is 58.1 Å². The second-order valence-corrected chi connectivity index (χ2v) is 6.28. The van der Waals surface area contributed by atoms with Crippen LogP contribution in [0.1, 0.15) is 26.7 Å². The Balaban J connectivity index is 1.91. The van der Waals surface area contributed by atoms with Crippen molar-refractivity contribution in [1.82, 2.24) is 10.2 Å². The van der Waals surface area contributed by atoms with Crippen LogP contribution in [-0.4, -0.2) is 57.8 Å². The van der Waals surface area contributed by atoms with Crippen LogP contribution < -0.4 is 20.1 Å². The van der Waals surface area contributed by atoms with Crippen LogP contribution in [-0.2, 0) is 0 Å². The average Bonchev–Trinajstić information content (AvgIpc) is 2.66. The molecule has 1 aliphatic rings. The summed E-state index contributed by atoms with van der Waals surface area (Å²) in [5.74, 6) is 2.91. The lowest BCUT2D eigenvalue weighted by atomic mass is 9.98. The number of aliphatic imine (C=N–C) groups is 1. The zero-order valence-corrected chi connectivity index (χ0v) is 16.0. The summed E-state index contributed by atoms with van der Waals surface area (Å²) in [7, 11) is 3.44. The minimum atomic E-state index is 0.614. The Morgan fingerprint density at radius 1 is 1.32 bits per heavy atom. The number of likely N-dealkylation sites (tertiary alicyclic amines) is 1. The molecule has 2 N–H and O–H groups in total. The van der Waals surface area contributed by atoms with E-state index in [-0.39, 0.29) is 0 Å². The highest BCUT2D eigenvalue weighted by molar-refractivity contribution is 5.93. The van der Waals surface area contributed by atoms with Gasteiger partial charge in [0.05, 0.1) is 13.7 Å². The van der Waals surface area contributed by atoms with Crippen molar-refractivity contribution < 1.29 is 9.47 Å². The molecule has 1 aliphatic heterocycles. The summed E-state index contributed by atoms with van der Waals surface area (Å²) in [6.07, 6.45) is 2.56. The molecule has 0 radical (unpaired) electrons. The third-order valence-corrected chi connectivity index (χ3v) is 4.56. The molecule has 0 amide bonds. The summed E-state index contributed by atoms with van der Waals surface area (Å²) in [5, 5.41) is 6.78. The molecule has 0 aromatic heterocycles. The first-order chi connectivity index (χ1) is 12.2. The zero-order chi connectivity index (χ0) is 18.1. The van der Waals surface area contributed by atoms with E-state index in [1.54, 1.807) is 14.2 Å². The molecule has 2 rings (SSSR count). The van der Waals surface area contributed by atoms with Crippen molar-refractivity contribution in [3.05, 3.63) is 18.2 Å². The van der Waals surface area contributed by atoms with Crippen molar-refractivity contribution in [2.75, 3.05) is 52.3 Å². The Morgan fingerprint density at radius 2 is 2.16 bits per heavy atom. The van der Waals surface area contributed by atoms with E-state index in [0.717, 1.165) is 37.0 Å². The van der Waals surface area contributed by atoms with Crippen LogP contribution >= 0.6 is 0 Å². The molecular weight excluding hydrogens is 316 g/mol. The van der Waals surface area contributed by atoms with E-state index in [2.05, 4.69) is 27.4 Å². The third-order valence-electron chi connectivity index (χ3n) is 4.56. The molecular formula is C19H32N4O2. The van der Waals surface area contributed by atoms with E-state index in [1.807, 2.05) is 25.1 Å². The monoisotopic (exact) mass is 348 g/mol. The van der Waals surface area contributed by atoms with E-state index in [0.29, 0.717) is 18.3 Å². The van der Waals surface area contributed by atoms with Gasteiger partial charge in [0.25, 0.3) is 0 Å². The maximum absolute atomic E-state index is 5.56. The number of hydrogen-bond acceptors (Lipinski definition) is 4. The summed E-state index contributed by atoms with van der Waals surface area (Å²) < 4.78 is 11.0. The molecule has 6 nitrogen and oxygen atoms in total. The van der Waals surface area contributed by atoms with Gasteiger partial charge in [-0.1, -0.05) is 6.92 Å². The van der Waals surface area contributed by atoms with Crippen LogP contribution in [0.2, 0.25) is 0 Å². The molecule has 1 aromatic rings. The molecule has 140 valence electrons. The number of benzene rings is 1. The Kier molecular flexibility index (Phi) is 7.85. The molecule has 1 atom stereocenters. The molecule has 0 bridgehead atoms. The van der Waals surface area contributed by atoms with Crippen molar-refractivity contribution >= 4 is 11.6 Å². The molecule has 0 aliphatic carbocycles. The summed E-state index contributed by atoms with van der Waals surface area (Å²) >= 11 is 0. The summed E-state index contributed by atoms with van der Waals surface area (Å²) in [5.41, 5.74) is 0.923. The Labute approximate surface area is 151 Å². The van der Waals surface area contributed by atoms with Crippen molar-refractivity contribution in [3.8, 4) is 11.5 Å². The molecule has 1 saturated heterocycles. The Bertz CT molecular complexity index is 562. The van der Waals surface area contributed by atoms with Gasteiger partial charge in [-0.15, -0.1) is 0 Å². The summed E-state index contributed by atoms with van der Waals surface area (Å²) in [4.78, 5) is 6.85. The Morgan fingerprint density at radius 3 is 2.84 bits per heavy atom. The molecule has 6 heteroatoms. The lowest BCUT2D eigenvalue weighted by Crippen LogP contribution is -2.42. The fraction of sp³-hybridized carbons (Fsp3) is 0.632. The van der Waals surface area contributed by atoms with E-state index in [4.69, 9.17) is 9.47 Å². The van der Waals surface area contributed by atoms with Crippen molar-refractivity contribution in [3.63, 3.8) is 0 Å². The highest BCUT2D eigenvalue weighted by Crippen LogP contribution is 2.30. The number of guanidine groups is 1. The highest BCUT2D eigenvalue weighted by atomic mass is 16.5. The maximum atomic E-state index is 5.56. The average molecular weight is 348 g/mol. The van der Waals surface area contributed by atoms with E-state index in [1.165, 1.54) is 19.4 Å². The van der Waals surface area contributed by atoms with Crippen LogP contribution in [0.4, 0.5) is 5.69 Å². The third kappa shape index (κ3) is 5.81. The van der Waals surface area contributed by atoms with Gasteiger partial charge in [-0.05, 0) is 50.9 Å². The van der Waals surface area contributed by atoms with E-state index >= 15 is 0 Å². The molecule has 25 heavy (non-hydrogen) atoms. The Hall–Kier alpha value is -1.95. The molecule has 1 unspecified atom stereocenters. The van der Waals surface area contributed by atoms with Crippen molar-refractivity contribution in [2.45, 2.75) is 26.7 Å². The van der Waals surface area contributed by atoms with Gasteiger partial charge < -0.3 is 25.0 Å². The highest BCUT2D eigenvalue weighted by Gasteiger charge is 2.18. The number of rotatable bonds is 7. The standard InChI is InChI=1S/C19H32N4O2/c1-5-23-11-7-8-15(14-23)13-21-19(20-3)22-16-9-10-17(25-6-2)18(12-16)24-4/h9-10,12,15H,5-8,11,13-14H2,1-4H3,(H2,20,21,22). The quantitative estimate of drug-likeness (QED) is 0.586. The first-order valence-electron chi connectivity index (χ1n) is 9.21. The van der Waals surface area contributed by atoms with Gasteiger partial charge in [0.1, 0.15) is 0 Å². The van der Waals surface area contributed by atoms with Gasteiger partial charge >= 0.3 is 0 Å². The van der Waals surface area contributed by atoms with Gasteiger partial charge in [-0.25, -0.2) is 0 Å². The zero-order valence-electron chi connectivity index (χ0n) is 16.0. The fourth-order valence-electron chi connectivity index (χ4n) is 3.18. The van der Waals surface area contributed by atoms with E-state index in [9.17, 15) is 0 Å². The van der Waals surface area contributed by atoms with Gasteiger partial charge in [0.2, 0.25) is 0 Å². The maximum Gasteiger partial charge on any atom is 0.195 e. The van der Waals surface area contributed by atoms with Gasteiger partial charge in [0.15, 0.2) is 17.5 Å². The first kappa shape index (κ1) is 19.4. The summed E-state index contributed by atoms with van der Waals surface area (Å²) in [6.45, 7) is 9.27. The molecule has 1 aromatic carbocycles. The minimum absolute atomic E-state index is 0.614.